The lowest BCUT2D eigenvalue weighted by atomic mass is 9.92. The van der Waals surface area contributed by atoms with E-state index in [1.54, 1.807) is 25.3 Å². The van der Waals surface area contributed by atoms with Crippen molar-refractivity contribution in [2.75, 3.05) is 12.4 Å². The number of carbonyl (C=O) groups is 1. The molecule has 43 heavy (non-hydrogen) atoms. The lowest BCUT2D eigenvalue weighted by Gasteiger charge is -2.28. The molecule has 3 N–H and O–H groups in total. The highest BCUT2D eigenvalue weighted by molar-refractivity contribution is 6.39. The second kappa shape index (κ2) is 13.4. The number of hydrogen-bond donors (Lipinski definition) is 3. The van der Waals surface area contributed by atoms with E-state index in [0.717, 1.165) is 35.9 Å². The molecule has 2 atom stereocenters. The number of ether oxygens (including phenoxy) is 1. The summed E-state index contributed by atoms with van der Waals surface area (Å²) in [6.07, 6.45) is 3.52. The third-order valence-corrected chi connectivity index (χ3v) is 8.51. The number of aryl methyl sites for hydroxylation is 1. The number of anilines is 1. The van der Waals surface area contributed by atoms with Gasteiger partial charge in [0.2, 0.25) is 5.88 Å². The number of hydrogen-bond acceptors (Lipinski definition) is 7. The van der Waals surface area contributed by atoms with Crippen LogP contribution in [0.15, 0.2) is 59.4 Å². The Hall–Kier alpha value is -3.47. The number of aliphatic hydroxyl groups excluding tert-OH is 1. The Morgan fingerprint density at radius 2 is 1.72 bits per heavy atom. The Balaban J connectivity index is 1.41. The summed E-state index contributed by atoms with van der Waals surface area (Å²) in [7, 11) is 2.98. The van der Waals surface area contributed by atoms with Gasteiger partial charge in [0.1, 0.15) is 5.56 Å². The van der Waals surface area contributed by atoms with Gasteiger partial charge in [-0.2, -0.15) is 5.10 Å². The zero-order chi connectivity index (χ0) is 30.7. The van der Waals surface area contributed by atoms with Gasteiger partial charge in [0.05, 0.1) is 34.6 Å². The number of methoxy groups -OCH3 is 1. The summed E-state index contributed by atoms with van der Waals surface area (Å²) in [5, 5.41) is 20.9. The Morgan fingerprint density at radius 3 is 2.47 bits per heavy atom. The van der Waals surface area contributed by atoms with E-state index in [9.17, 15) is 14.7 Å². The van der Waals surface area contributed by atoms with Crippen LogP contribution in [0.4, 0.5) is 5.69 Å². The number of pyridine rings is 1. The van der Waals surface area contributed by atoms with Gasteiger partial charge in [-0.1, -0.05) is 84.0 Å². The first kappa shape index (κ1) is 31.0. The average molecular weight is 643 g/mol. The summed E-state index contributed by atoms with van der Waals surface area (Å²) < 4.78 is 6.60. The van der Waals surface area contributed by atoms with Crippen LogP contribution in [0.3, 0.4) is 0 Å². The fourth-order valence-electron chi connectivity index (χ4n) is 5.22. The molecule has 5 rings (SSSR count). The lowest BCUT2D eigenvalue weighted by Crippen LogP contribution is -2.41. The van der Waals surface area contributed by atoms with Crippen LogP contribution >= 0.6 is 34.8 Å². The van der Waals surface area contributed by atoms with Gasteiger partial charge in [0, 0.05) is 41.9 Å². The number of aromatic nitrogens is 3. The number of carbonyl (C=O) groups excluding carboxylic acids is 1. The topological polar surface area (TPSA) is 118 Å². The fraction of sp³-hybridized carbons (Fsp3) is 0.290. The standard InChI is InChI=1S/C31H30Cl3N5O4/c1-39-31(42)21(15-26(32)38-39)29(41)36-24-11-6-8-19(28(24)34)18-7-5-9-20(27(18)33)22-14-13-17(30(37-22)43-2)16-35-23-10-3-4-12-25(23)40/h5-9,11,13-15,23,25,35,40H,3-4,10,12,16H2,1-2H3,(H,36,41)/t23?,25-/m0/s1. The fourth-order valence-corrected chi connectivity index (χ4v) is 6.04. The number of aliphatic hydroxyl groups is 1. The van der Waals surface area contributed by atoms with Crippen LogP contribution in [0, 0.1) is 0 Å². The molecule has 4 aromatic rings. The first-order chi connectivity index (χ1) is 20.7. The molecule has 1 saturated carbocycles. The molecule has 224 valence electrons. The minimum absolute atomic E-state index is 0.00764. The van der Waals surface area contributed by atoms with Crippen molar-refractivity contribution in [3.63, 3.8) is 0 Å². The number of nitrogens with one attached hydrogen (secondary N) is 2. The van der Waals surface area contributed by atoms with Crippen molar-refractivity contribution in [2.45, 2.75) is 44.4 Å². The van der Waals surface area contributed by atoms with Gasteiger partial charge < -0.3 is 20.5 Å². The van der Waals surface area contributed by atoms with Gasteiger partial charge in [0.15, 0.2) is 5.15 Å². The number of amides is 1. The molecule has 2 heterocycles. The maximum absolute atomic E-state index is 13.0. The first-order valence-electron chi connectivity index (χ1n) is 13.8. The van der Waals surface area contributed by atoms with Gasteiger partial charge in [-0.3, -0.25) is 9.59 Å². The number of rotatable bonds is 8. The SMILES string of the molecule is COc1nc(-c2cccc(-c3cccc(NC(=O)c4cc(Cl)nn(C)c4=O)c3Cl)c2Cl)ccc1CNC1CCCC[C@@H]1O. The summed E-state index contributed by atoms with van der Waals surface area (Å²) in [6.45, 7) is 0.512. The maximum atomic E-state index is 13.0. The molecule has 9 nitrogen and oxygen atoms in total. The predicted molar refractivity (Wildman–Crippen MR) is 169 cm³/mol. The largest absolute Gasteiger partial charge is 0.481 e. The van der Waals surface area contributed by atoms with E-state index >= 15 is 0 Å². The van der Waals surface area contributed by atoms with Crippen LogP contribution in [-0.2, 0) is 13.6 Å². The van der Waals surface area contributed by atoms with E-state index in [4.69, 9.17) is 44.5 Å². The van der Waals surface area contributed by atoms with Crippen LogP contribution in [0.1, 0.15) is 41.6 Å². The quantitative estimate of drug-likeness (QED) is 0.212. The normalized spacial score (nSPS) is 16.6. The van der Waals surface area contributed by atoms with Crippen LogP contribution in [-0.4, -0.2) is 45.0 Å². The molecule has 1 fully saturated rings. The smallest absolute Gasteiger partial charge is 0.279 e. The molecular formula is C31H30Cl3N5O4. The molecule has 0 spiro atoms. The molecule has 1 aliphatic carbocycles. The van der Waals surface area contributed by atoms with Crippen LogP contribution in [0.5, 0.6) is 5.88 Å². The van der Waals surface area contributed by atoms with Gasteiger partial charge in [-0.25, -0.2) is 9.67 Å². The Kier molecular flexibility index (Phi) is 9.68. The van der Waals surface area contributed by atoms with Gasteiger partial charge >= 0.3 is 0 Å². The second-order valence-electron chi connectivity index (χ2n) is 10.3. The summed E-state index contributed by atoms with van der Waals surface area (Å²) in [5.74, 6) is -0.213. The van der Waals surface area contributed by atoms with Crippen molar-refractivity contribution >= 4 is 46.4 Å². The van der Waals surface area contributed by atoms with E-state index < -0.39 is 11.5 Å². The summed E-state index contributed by atoms with van der Waals surface area (Å²) in [6, 6.07) is 15.7. The summed E-state index contributed by atoms with van der Waals surface area (Å²) in [5.41, 5.74) is 2.87. The van der Waals surface area contributed by atoms with Crippen LogP contribution < -0.4 is 20.9 Å². The highest BCUT2D eigenvalue weighted by Gasteiger charge is 2.23. The van der Waals surface area contributed by atoms with E-state index in [-0.39, 0.29) is 27.9 Å². The highest BCUT2D eigenvalue weighted by Crippen LogP contribution is 2.41. The van der Waals surface area contributed by atoms with Gasteiger partial charge in [-0.15, -0.1) is 0 Å². The minimum atomic E-state index is -0.673. The Labute approximate surface area is 263 Å². The highest BCUT2D eigenvalue weighted by atomic mass is 35.5. The van der Waals surface area contributed by atoms with Gasteiger partial charge in [-0.05, 0) is 31.0 Å². The second-order valence-corrected chi connectivity index (χ2v) is 11.4. The van der Waals surface area contributed by atoms with E-state index in [1.165, 1.54) is 13.1 Å². The molecule has 12 heteroatoms. The zero-order valence-corrected chi connectivity index (χ0v) is 25.8. The number of benzene rings is 2. The van der Waals surface area contributed by atoms with E-state index in [1.807, 2.05) is 30.3 Å². The van der Waals surface area contributed by atoms with Crippen molar-refractivity contribution in [3.8, 4) is 28.3 Å². The van der Waals surface area contributed by atoms with E-state index in [2.05, 4.69) is 15.7 Å². The average Bonchev–Trinajstić information content (AvgIpc) is 3.00. The lowest BCUT2D eigenvalue weighted by molar-refractivity contribution is 0.0901. The Morgan fingerprint density at radius 1 is 1.02 bits per heavy atom. The number of nitrogens with zero attached hydrogens (tertiary/aromatic N) is 3. The Bertz CT molecular complexity index is 1730. The van der Waals surface area contributed by atoms with Gasteiger partial charge in [0.25, 0.3) is 11.5 Å². The molecule has 1 amide bonds. The molecule has 2 aromatic heterocycles. The molecule has 0 saturated heterocycles. The van der Waals surface area contributed by atoms with Crippen LogP contribution in [0.25, 0.3) is 22.4 Å². The number of halogens is 3. The summed E-state index contributed by atoms with van der Waals surface area (Å²) in [4.78, 5) is 30.1. The van der Waals surface area contributed by atoms with Crippen molar-refractivity contribution in [3.05, 3.63) is 91.3 Å². The first-order valence-corrected chi connectivity index (χ1v) is 14.9. The zero-order valence-electron chi connectivity index (χ0n) is 23.5. The molecule has 2 aromatic carbocycles. The van der Waals surface area contributed by atoms with E-state index in [0.29, 0.717) is 45.5 Å². The minimum Gasteiger partial charge on any atom is -0.481 e. The van der Waals surface area contributed by atoms with Crippen molar-refractivity contribution in [1.29, 1.82) is 0 Å². The summed E-state index contributed by atoms with van der Waals surface area (Å²) >= 11 is 19.7. The molecular weight excluding hydrogens is 613 g/mol. The van der Waals surface area contributed by atoms with Crippen LogP contribution in [0.2, 0.25) is 15.2 Å². The van der Waals surface area contributed by atoms with Crippen molar-refractivity contribution in [2.24, 2.45) is 7.05 Å². The predicted octanol–water partition coefficient (Wildman–Crippen LogP) is 6.12. The van der Waals surface area contributed by atoms with Crippen molar-refractivity contribution in [1.82, 2.24) is 20.1 Å². The van der Waals surface area contributed by atoms with Crippen molar-refractivity contribution < 1.29 is 14.6 Å². The molecule has 1 unspecified atom stereocenters. The third-order valence-electron chi connectivity index (χ3n) is 7.51. The molecule has 1 aliphatic rings. The molecule has 0 radical (unpaired) electrons. The third kappa shape index (κ3) is 6.71. The molecule has 0 bridgehead atoms. The molecule has 0 aliphatic heterocycles. The maximum Gasteiger partial charge on any atom is 0.279 e. The monoisotopic (exact) mass is 641 g/mol.